The van der Waals surface area contributed by atoms with Gasteiger partial charge in [-0.3, -0.25) is 0 Å². The van der Waals surface area contributed by atoms with Crippen molar-refractivity contribution in [3.05, 3.63) is 48.0 Å². The smallest absolute Gasteiger partial charge is 0.118 e. The number of halogens is 1. The van der Waals surface area contributed by atoms with E-state index in [1.54, 1.807) is 0 Å². The Balaban J connectivity index is 1.95. The Morgan fingerprint density at radius 1 is 1.12 bits per heavy atom. The van der Waals surface area contributed by atoms with Gasteiger partial charge in [-0.15, -0.1) is 0 Å². The van der Waals surface area contributed by atoms with E-state index in [4.69, 9.17) is 5.73 Å². The molecule has 1 aliphatic rings. The Kier molecular flexibility index (Phi) is 2.40. The predicted molar refractivity (Wildman–Crippen MR) is 68.7 cm³/mol. The van der Waals surface area contributed by atoms with Crippen LogP contribution in [0.1, 0.15) is 18.4 Å². The van der Waals surface area contributed by atoms with Crippen LogP contribution in [-0.4, -0.2) is 11.7 Å². The molecule has 0 heterocycles. The second kappa shape index (κ2) is 3.81. The van der Waals surface area contributed by atoms with Gasteiger partial charge in [-0.2, -0.15) is 0 Å². The molecule has 0 saturated heterocycles. The Labute approximate surface area is 100 Å². The van der Waals surface area contributed by atoms with Gasteiger partial charge in [0.25, 0.3) is 0 Å². The van der Waals surface area contributed by atoms with Crippen molar-refractivity contribution in [2.75, 3.05) is 0 Å². The molecule has 0 bridgehead atoms. The molecule has 3 rings (SSSR count). The molecule has 1 saturated carbocycles. The Morgan fingerprint density at radius 2 is 1.82 bits per heavy atom. The number of fused-ring (bicyclic) bond motifs is 1. The number of rotatable bonds is 2. The maximum atomic E-state index is 14.3. The van der Waals surface area contributed by atoms with Gasteiger partial charge in [0.05, 0.1) is 0 Å². The van der Waals surface area contributed by atoms with Crippen molar-refractivity contribution in [3.8, 4) is 0 Å². The molecule has 0 spiro atoms. The summed E-state index contributed by atoms with van der Waals surface area (Å²) in [7, 11) is 0. The fourth-order valence-electron chi connectivity index (χ4n) is 2.81. The van der Waals surface area contributed by atoms with Gasteiger partial charge in [0.15, 0.2) is 0 Å². The van der Waals surface area contributed by atoms with E-state index in [-0.39, 0.29) is 6.04 Å². The first-order chi connectivity index (χ1) is 8.16. The molecule has 0 aliphatic heterocycles. The van der Waals surface area contributed by atoms with E-state index >= 15 is 0 Å². The molecule has 2 N–H and O–H groups in total. The maximum absolute atomic E-state index is 14.3. The minimum atomic E-state index is -1.08. The largest absolute Gasteiger partial charge is 0.327 e. The van der Waals surface area contributed by atoms with Crippen molar-refractivity contribution in [2.24, 2.45) is 5.73 Å². The zero-order chi connectivity index (χ0) is 11.9. The van der Waals surface area contributed by atoms with Gasteiger partial charge in [0.1, 0.15) is 5.67 Å². The van der Waals surface area contributed by atoms with E-state index < -0.39 is 5.67 Å². The number of alkyl halides is 1. The van der Waals surface area contributed by atoms with Crippen LogP contribution in [0.5, 0.6) is 0 Å². The first-order valence-electron chi connectivity index (χ1n) is 6.07. The minimum absolute atomic E-state index is 0.0509. The molecule has 1 fully saturated rings. The van der Waals surface area contributed by atoms with Crippen LogP contribution < -0.4 is 5.73 Å². The van der Waals surface area contributed by atoms with Crippen LogP contribution >= 0.6 is 0 Å². The molecule has 2 heteroatoms. The molecule has 0 aromatic heterocycles. The lowest BCUT2D eigenvalue weighted by Crippen LogP contribution is -2.49. The number of hydrogen-bond acceptors (Lipinski definition) is 1. The molecule has 0 radical (unpaired) electrons. The van der Waals surface area contributed by atoms with E-state index in [9.17, 15) is 4.39 Å². The highest BCUT2D eigenvalue weighted by Gasteiger charge is 2.43. The average molecular weight is 229 g/mol. The van der Waals surface area contributed by atoms with Gasteiger partial charge in [0.2, 0.25) is 0 Å². The van der Waals surface area contributed by atoms with Crippen LogP contribution in [0.4, 0.5) is 4.39 Å². The van der Waals surface area contributed by atoms with Gasteiger partial charge in [0, 0.05) is 12.5 Å². The van der Waals surface area contributed by atoms with E-state index in [0.29, 0.717) is 19.3 Å². The van der Waals surface area contributed by atoms with E-state index in [1.165, 1.54) is 5.39 Å². The van der Waals surface area contributed by atoms with Gasteiger partial charge < -0.3 is 5.73 Å². The fourth-order valence-corrected chi connectivity index (χ4v) is 2.81. The van der Waals surface area contributed by atoms with Gasteiger partial charge in [-0.05, 0) is 29.2 Å². The Morgan fingerprint density at radius 3 is 2.59 bits per heavy atom. The quantitative estimate of drug-likeness (QED) is 0.840. The topological polar surface area (TPSA) is 26.0 Å². The highest BCUT2D eigenvalue weighted by atomic mass is 19.1. The minimum Gasteiger partial charge on any atom is -0.327 e. The van der Waals surface area contributed by atoms with Crippen molar-refractivity contribution >= 4 is 10.8 Å². The van der Waals surface area contributed by atoms with E-state index in [1.807, 2.05) is 24.3 Å². The lowest BCUT2D eigenvalue weighted by atomic mass is 9.74. The summed E-state index contributed by atoms with van der Waals surface area (Å²) in [5.74, 6) is 0. The lowest BCUT2D eigenvalue weighted by Gasteiger charge is -2.39. The van der Waals surface area contributed by atoms with Crippen molar-refractivity contribution in [2.45, 2.75) is 31.0 Å². The standard InChI is InChI=1S/C15H16FN/c16-15(9-13(17)10-15)8-12-6-3-5-11-4-1-2-7-14(11)12/h1-7,13H,8-10,17H2. The van der Waals surface area contributed by atoms with Crippen LogP contribution in [0, 0.1) is 0 Å². The molecule has 88 valence electrons. The molecule has 0 unspecified atom stereocenters. The third-order valence-corrected chi connectivity index (χ3v) is 3.64. The summed E-state index contributed by atoms with van der Waals surface area (Å²) >= 11 is 0. The Hall–Kier alpha value is -1.41. The number of benzene rings is 2. The molecule has 2 aromatic carbocycles. The zero-order valence-electron chi connectivity index (χ0n) is 9.70. The molecular formula is C15H16FN. The Bertz CT molecular complexity index is 538. The van der Waals surface area contributed by atoms with Gasteiger partial charge >= 0.3 is 0 Å². The van der Waals surface area contributed by atoms with Crippen molar-refractivity contribution in [1.29, 1.82) is 0 Å². The SMILES string of the molecule is NC1CC(F)(Cc2cccc3ccccc23)C1. The van der Waals surface area contributed by atoms with Crippen LogP contribution in [-0.2, 0) is 6.42 Å². The molecule has 0 amide bonds. The first kappa shape index (κ1) is 10.7. The van der Waals surface area contributed by atoms with Gasteiger partial charge in [-0.1, -0.05) is 42.5 Å². The first-order valence-corrected chi connectivity index (χ1v) is 6.07. The van der Waals surface area contributed by atoms with Gasteiger partial charge in [-0.25, -0.2) is 4.39 Å². The molecule has 2 aromatic rings. The van der Waals surface area contributed by atoms with Crippen LogP contribution in [0.3, 0.4) is 0 Å². The van der Waals surface area contributed by atoms with Crippen LogP contribution in [0.2, 0.25) is 0 Å². The summed E-state index contributed by atoms with van der Waals surface area (Å²) in [5.41, 5.74) is 5.70. The fraction of sp³-hybridized carbons (Fsp3) is 0.333. The third kappa shape index (κ3) is 1.93. The summed E-state index contributed by atoms with van der Waals surface area (Å²) in [4.78, 5) is 0. The molecular weight excluding hydrogens is 213 g/mol. The normalized spacial score (nSPS) is 28.0. The summed E-state index contributed by atoms with van der Waals surface area (Å²) in [5, 5.41) is 2.34. The van der Waals surface area contributed by atoms with Crippen molar-refractivity contribution in [1.82, 2.24) is 0 Å². The number of hydrogen-bond donors (Lipinski definition) is 1. The molecule has 1 aliphatic carbocycles. The molecule has 0 atom stereocenters. The summed E-state index contributed by atoms with van der Waals surface area (Å²) < 4.78 is 14.3. The summed E-state index contributed by atoms with van der Waals surface area (Å²) in [6, 6.07) is 14.3. The van der Waals surface area contributed by atoms with E-state index in [0.717, 1.165) is 10.9 Å². The number of nitrogens with two attached hydrogens (primary N) is 1. The third-order valence-electron chi connectivity index (χ3n) is 3.64. The second-order valence-electron chi connectivity index (χ2n) is 5.13. The lowest BCUT2D eigenvalue weighted by molar-refractivity contribution is 0.0448. The highest BCUT2D eigenvalue weighted by molar-refractivity contribution is 5.85. The van der Waals surface area contributed by atoms with Crippen LogP contribution in [0.25, 0.3) is 10.8 Å². The summed E-state index contributed by atoms with van der Waals surface area (Å²) in [6.45, 7) is 0. The monoisotopic (exact) mass is 229 g/mol. The zero-order valence-corrected chi connectivity index (χ0v) is 9.70. The predicted octanol–water partition coefficient (Wildman–Crippen LogP) is 3.21. The van der Waals surface area contributed by atoms with E-state index in [2.05, 4.69) is 18.2 Å². The molecule has 17 heavy (non-hydrogen) atoms. The van der Waals surface area contributed by atoms with Crippen molar-refractivity contribution < 1.29 is 4.39 Å². The highest BCUT2D eigenvalue weighted by Crippen LogP contribution is 2.39. The average Bonchev–Trinajstić information content (AvgIpc) is 2.28. The second-order valence-corrected chi connectivity index (χ2v) is 5.13. The molecule has 1 nitrogen and oxygen atoms in total. The van der Waals surface area contributed by atoms with Crippen LogP contribution in [0.15, 0.2) is 42.5 Å². The summed E-state index contributed by atoms with van der Waals surface area (Å²) in [6.07, 6.45) is 1.48. The maximum Gasteiger partial charge on any atom is 0.118 e. The van der Waals surface area contributed by atoms with Crippen molar-refractivity contribution in [3.63, 3.8) is 0 Å².